The number of carbonyl (C=O) groups excluding carboxylic acids is 2. The monoisotopic (exact) mass is 401 g/mol. The van der Waals surface area contributed by atoms with Gasteiger partial charge in [-0.1, -0.05) is 47.6 Å². The number of para-hydroxylation sites is 1. The van der Waals surface area contributed by atoms with Gasteiger partial charge in [0.15, 0.2) is 11.6 Å². The van der Waals surface area contributed by atoms with Gasteiger partial charge in [-0.2, -0.15) is 0 Å². The third kappa shape index (κ3) is 4.29. The van der Waals surface area contributed by atoms with Crippen molar-refractivity contribution in [3.8, 4) is 11.4 Å². The van der Waals surface area contributed by atoms with E-state index in [0.29, 0.717) is 32.8 Å². The molecule has 0 atom stereocenters. The predicted molar refractivity (Wildman–Crippen MR) is 106 cm³/mol. The molecule has 7 nitrogen and oxygen atoms in total. The fourth-order valence-corrected chi connectivity index (χ4v) is 3.29. The lowest BCUT2D eigenvalue weighted by atomic mass is 10.1. The number of anilines is 1. The highest BCUT2D eigenvalue weighted by Crippen LogP contribution is 2.27. The zero-order valence-corrected chi connectivity index (χ0v) is 15.9. The van der Waals surface area contributed by atoms with E-state index >= 15 is 0 Å². The summed E-state index contributed by atoms with van der Waals surface area (Å²) in [5, 5.41) is 11.7. The quantitative estimate of drug-likeness (QED) is 0.373. The third-order valence-corrected chi connectivity index (χ3v) is 4.96. The molecule has 2 aromatic carbocycles. The molecule has 27 heavy (non-hydrogen) atoms. The lowest BCUT2D eigenvalue weighted by Crippen LogP contribution is -2.17. The second kappa shape index (κ2) is 8.24. The zero-order chi connectivity index (χ0) is 19.4. The molecule has 0 fully saturated rings. The number of Topliss-reactive ketones (excluding diaryl/α,β-unsaturated/α-hetero) is 1. The van der Waals surface area contributed by atoms with Crippen LogP contribution in [-0.2, 0) is 4.79 Å². The molecule has 0 bridgehead atoms. The Bertz CT molecular complexity index is 1000. The number of amides is 1. The normalized spacial score (nSPS) is 10.6. The van der Waals surface area contributed by atoms with E-state index in [0.717, 1.165) is 11.8 Å². The number of hydrogen-bond donors (Lipinski definition) is 2. The van der Waals surface area contributed by atoms with Crippen molar-refractivity contribution < 1.29 is 9.59 Å². The Balaban J connectivity index is 1.69. The lowest BCUT2D eigenvalue weighted by Gasteiger charge is -2.09. The van der Waals surface area contributed by atoms with Crippen molar-refractivity contribution in [1.29, 1.82) is 0 Å². The van der Waals surface area contributed by atoms with Gasteiger partial charge in [0.1, 0.15) is 0 Å². The van der Waals surface area contributed by atoms with Gasteiger partial charge in [-0.05, 0) is 31.2 Å². The van der Waals surface area contributed by atoms with E-state index in [-0.39, 0.29) is 17.4 Å². The Labute approximate surface area is 164 Å². The maximum atomic E-state index is 12.2. The summed E-state index contributed by atoms with van der Waals surface area (Å²) in [6, 6.07) is 14.0. The molecule has 0 saturated heterocycles. The van der Waals surface area contributed by atoms with Gasteiger partial charge in [0.05, 0.1) is 16.5 Å². The number of nitrogens with one attached hydrogen (secondary N) is 1. The van der Waals surface area contributed by atoms with E-state index in [4.69, 9.17) is 17.4 Å². The van der Waals surface area contributed by atoms with Gasteiger partial charge in [-0.15, -0.1) is 10.2 Å². The Kier molecular flexibility index (Phi) is 5.78. The molecule has 0 aliphatic rings. The van der Waals surface area contributed by atoms with Crippen LogP contribution >= 0.6 is 23.4 Å². The highest BCUT2D eigenvalue weighted by Gasteiger charge is 2.16. The van der Waals surface area contributed by atoms with Crippen molar-refractivity contribution in [2.75, 3.05) is 16.9 Å². The third-order valence-electron chi connectivity index (χ3n) is 3.69. The van der Waals surface area contributed by atoms with Gasteiger partial charge in [0.25, 0.3) is 0 Å². The second-order valence-electron chi connectivity index (χ2n) is 5.59. The smallest absolute Gasteiger partial charge is 0.234 e. The van der Waals surface area contributed by atoms with E-state index in [9.17, 15) is 9.59 Å². The van der Waals surface area contributed by atoms with Crippen LogP contribution in [-0.4, -0.2) is 32.3 Å². The van der Waals surface area contributed by atoms with Gasteiger partial charge in [-0.3, -0.25) is 9.59 Å². The number of carbonyl (C=O) groups is 2. The van der Waals surface area contributed by atoms with E-state index in [1.165, 1.54) is 11.6 Å². The SMILES string of the molecule is CC(=O)c1ccccc1NC(=O)CSc1nnc(-c2ccccc2Cl)n1N. The molecule has 0 aliphatic carbocycles. The molecule has 3 aromatic rings. The van der Waals surface area contributed by atoms with Crippen molar-refractivity contribution in [1.82, 2.24) is 14.9 Å². The standard InChI is InChI=1S/C18H16ClN5O2S/c1-11(25)12-6-3-5-9-15(12)21-16(26)10-27-18-23-22-17(24(18)20)13-7-2-4-8-14(13)19/h2-9H,10,20H2,1H3,(H,21,26). The largest absolute Gasteiger partial charge is 0.335 e. The fourth-order valence-electron chi connectivity index (χ4n) is 2.42. The molecular formula is C18H16ClN5O2S. The van der Waals surface area contributed by atoms with Crippen molar-refractivity contribution in [3.05, 3.63) is 59.1 Å². The van der Waals surface area contributed by atoms with E-state index in [1.807, 2.05) is 12.1 Å². The molecule has 0 unspecified atom stereocenters. The first-order valence-electron chi connectivity index (χ1n) is 7.95. The second-order valence-corrected chi connectivity index (χ2v) is 6.94. The number of hydrogen-bond acceptors (Lipinski definition) is 6. The van der Waals surface area contributed by atoms with Crippen LogP contribution in [0.2, 0.25) is 5.02 Å². The van der Waals surface area contributed by atoms with Crippen molar-refractivity contribution >= 4 is 40.7 Å². The number of aromatic nitrogens is 3. The Morgan fingerprint density at radius 2 is 1.85 bits per heavy atom. The average Bonchev–Trinajstić information content (AvgIpc) is 3.01. The minimum absolute atomic E-state index is 0.0596. The van der Waals surface area contributed by atoms with Crippen LogP contribution in [0.25, 0.3) is 11.4 Å². The van der Waals surface area contributed by atoms with E-state index in [2.05, 4.69) is 15.5 Å². The Morgan fingerprint density at radius 1 is 1.15 bits per heavy atom. The summed E-state index contributed by atoms with van der Waals surface area (Å²) in [7, 11) is 0. The average molecular weight is 402 g/mol. The first kappa shape index (κ1) is 18.9. The van der Waals surface area contributed by atoms with Gasteiger partial charge in [-0.25, -0.2) is 4.68 Å². The summed E-state index contributed by atoms with van der Waals surface area (Å²) in [5.74, 6) is 6.11. The molecule has 0 radical (unpaired) electrons. The van der Waals surface area contributed by atoms with Crippen LogP contribution in [0.1, 0.15) is 17.3 Å². The highest BCUT2D eigenvalue weighted by atomic mass is 35.5. The minimum Gasteiger partial charge on any atom is -0.335 e. The Morgan fingerprint density at radius 3 is 2.59 bits per heavy atom. The van der Waals surface area contributed by atoms with Crippen LogP contribution in [0.4, 0.5) is 5.69 Å². The summed E-state index contributed by atoms with van der Waals surface area (Å²) in [5.41, 5.74) is 1.58. The lowest BCUT2D eigenvalue weighted by molar-refractivity contribution is -0.113. The molecule has 138 valence electrons. The first-order chi connectivity index (χ1) is 13.0. The summed E-state index contributed by atoms with van der Waals surface area (Å²) >= 11 is 7.30. The van der Waals surface area contributed by atoms with Crippen molar-refractivity contribution in [2.45, 2.75) is 12.1 Å². The molecule has 1 heterocycles. The fraction of sp³-hybridized carbons (Fsp3) is 0.111. The maximum absolute atomic E-state index is 12.2. The number of benzene rings is 2. The molecule has 9 heteroatoms. The van der Waals surface area contributed by atoms with Gasteiger partial charge < -0.3 is 11.2 Å². The number of nitrogen functional groups attached to an aromatic ring is 1. The van der Waals surface area contributed by atoms with E-state index in [1.54, 1.807) is 36.4 Å². The Hall–Kier alpha value is -2.84. The maximum Gasteiger partial charge on any atom is 0.234 e. The van der Waals surface area contributed by atoms with Gasteiger partial charge >= 0.3 is 0 Å². The number of halogens is 1. The number of rotatable bonds is 6. The molecule has 0 saturated carbocycles. The van der Waals surface area contributed by atoms with Crippen LogP contribution in [0.15, 0.2) is 53.7 Å². The predicted octanol–water partition coefficient (Wildman–Crippen LogP) is 3.25. The van der Waals surface area contributed by atoms with Crippen molar-refractivity contribution in [2.24, 2.45) is 0 Å². The summed E-state index contributed by atoms with van der Waals surface area (Å²) in [6.07, 6.45) is 0. The first-order valence-corrected chi connectivity index (χ1v) is 9.31. The summed E-state index contributed by atoms with van der Waals surface area (Å²) < 4.78 is 1.29. The number of thioether (sulfide) groups is 1. The number of nitrogens with two attached hydrogens (primary N) is 1. The highest BCUT2D eigenvalue weighted by molar-refractivity contribution is 7.99. The number of ketones is 1. The summed E-state index contributed by atoms with van der Waals surface area (Å²) in [6.45, 7) is 1.45. The molecule has 3 rings (SSSR count). The summed E-state index contributed by atoms with van der Waals surface area (Å²) in [4.78, 5) is 23.9. The van der Waals surface area contributed by atoms with Crippen LogP contribution < -0.4 is 11.2 Å². The molecular weight excluding hydrogens is 386 g/mol. The minimum atomic E-state index is -0.281. The van der Waals surface area contributed by atoms with Crippen LogP contribution in [0.3, 0.4) is 0 Å². The molecule has 0 spiro atoms. The molecule has 1 aromatic heterocycles. The van der Waals surface area contributed by atoms with Crippen LogP contribution in [0.5, 0.6) is 0 Å². The van der Waals surface area contributed by atoms with Gasteiger partial charge in [0.2, 0.25) is 11.1 Å². The van der Waals surface area contributed by atoms with Crippen molar-refractivity contribution in [3.63, 3.8) is 0 Å². The van der Waals surface area contributed by atoms with Crippen LogP contribution in [0, 0.1) is 0 Å². The molecule has 1 amide bonds. The van der Waals surface area contributed by atoms with E-state index < -0.39 is 0 Å². The molecule has 3 N–H and O–H groups in total. The zero-order valence-electron chi connectivity index (χ0n) is 14.3. The molecule has 0 aliphatic heterocycles. The number of nitrogens with zero attached hydrogens (tertiary/aromatic N) is 3. The topological polar surface area (TPSA) is 103 Å². The van der Waals surface area contributed by atoms with Gasteiger partial charge in [0, 0.05) is 11.1 Å².